The van der Waals surface area contributed by atoms with Crippen LogP contribution in [-0.2, 0) is 9.59 Å². The monoisotopic (exact) mass is 521 g/mol. The zero-order valence-electron chi connectivity index (χ0n) is 19.8. The average molecular weight is 522 g/mol. The highest BCUT2D eigenvalue weighted by Gasteiger charge is 2.42. The number of carbonyl (C=O) groups is 3. The summed E-state index contributed by atoms with van der Waals surface area (Å²) in [5.74, 6) is -4.14. The lowest BCUT2D eigenvalue weighted by Gasteiger charge is -2.38. The number of amides is 3. The highest BCUT2D eigenvalue weighted by atomic mass is 35.5. The third-order valence-electron chi connectivity index (χ3n) is 5.86. The molecule has 192 valence electrons. The molecule has 2 unspecified atom stereocenters. The minimum absolute atomic E-state index is 0.0360. The Hall–Kier alpha value is -3.53. The van der Waals surface area contributed by atoms with Crippen LogP contribution in [0.3, 0.4) is 0 Å². The summed E-state index contributed by atoms with van der Waals surface area (Å²) in [7, 11) is 1.58. The molecule has 0 spiro atoms. The summed E-state index contributed by atoms with van der Waals surface area (Å²) in [6.07, 6.45) is 0.324. The van der Waals surface area contributed by atoms with E-state index in [9.17, 15) is 28.3 Å². The van der Waals surface area contributed by atoms with Crippen LogP contribution in [0, 0.1) is 17.6 Å². The van der Waals surface area contributed by atoms with Crippen molar-refractivity contribution in [1.29, 1.82) is 0 Å². The SMILES string of the molecule is CC1=NC(=O)N(CCCN(C)C(=O)CCOc2ccc(F)cc2F)C(c2cccc(Cl)c2)C1C(=O)O. The van der Waals surface area contributed by atoms with E-state index in [1.165, 1.54) is 16.7 Å². The first-order chi connectivity index (χ1) is 17.1. The Bertz CT molecular complexity index is 1180. The average Bonchev–Trinajstić information content (AvgIpc) is 2.80. The number of nitrogens with zero attached hydrogens (tertiary/aromatic N) is 3. The predicted molar refractivity (Wildman–Crippen MR) is 129 cm³/mol. The molecule has 2 aromatic rings. The van der Waals surface area contributed by atoms with E-state index in [-0.39, 0.29) is 43.5 Å². The fourth-order valence-electron chi connectivity index (χ4n) is 4.06. The van der Waals surface area contributed by atoms with Crippen molar-refractivity contribution in [3.8, 4) is 5.75 Å². The van der Waals surface area contributed by atoms with Gasteiger partial charge in [0.25, 0.3) is 0 Å². The Morgan fingerprint density at radius 1 is 1.22 bits per heavy atom. The molecule has 3 rings (SSSR count). The molecule has 1 N–H and O–H groups in total. The van der Waals surface area contributed by atoms with Crippen molar-refractivity contribution in [2.75, 3.05) is 26.7 Å². The molecular formula is C25H26ClF2N3O5. The van der Waals surface area contributed by atoms with Crippen molar-refractivity contribution in [3.05, 3.63) is 64.7 Å². The van der Waals surface area contributed by atoms with Crippen LogP contribution in [0.2, 0.25) is 5.02 Å². The maximum atomic E-state index is 13.6. The zero-order valence-corrected chi connectivity index (χ0v) is 20.5. The third-order valence-corrected chi connectivity index (χ3v) is 6.10. The van der Waals surface area contributed by atoms with Gasteiger partial charge in [0.05, 0.1) is 19.1 Å². The number of carbonyl (C=O) groups excluding carboxylic acids is 2. The second-order valence-corrected chi connectivity index (χ2v) is 8.82. The lowest BCUT2D eigenvalue weighted by Crippen LogP contribution is -2.47. The van der Waals surface area contributed by atoms with Gasteiger partial charge in [0.15, 0.2) is 11.6 Å². The number of hydrogen-bond acceptors (Lipinski definition) is 4. The molecule has 0 aliphatic carbocycles. The van der Waals surface area contributed by atoms with Gasteiger partial charge in [-0.3, -0.25) is 9.59 Å². The van der Waals surface area contributed by atoms with Crippen molar-refractivity contribution in [3.63, 3.8) is 0 Å². The van der Waals surface area contributed by atoms with E-state index in [0.717, 1.165) is 12.1 Å². The Kier molecular flexibility index (Phi) is 8.98. The normalized spacial score (nSPS) is 17.5. The number of carboxylic acid groups (broad SMARTS) is 1. The second-order valence-electron chi connectivity index (χ2n) is 8.39. The summed E-state index contributed by atoms with van der Waals surface area (Å²) in [6.45, 7) is 1.85. The molecule has 1 aliphatic rings. The van der Waals surface area contributed by atoms with Gasteiger partial charge in [0.1, 0.15) is 11.7 Å². The second kappa shape index (κ2) is 11.9. The van der Waals surface area contributed by atoms with Crippen LogP contribution in [0.5, 0.6) is 5.75 Å². The number of hydrogen-bond donors (Lipinski definition) is 1. The molecule has 0 saturated heterocycles. The number of rotatable bonds is 10. The first kappa shape index (κ1) is 27.1. The summed E-state index contributed by atoms with van der Waals surface area (Å²) < 4.78 is 31.8. The Labute approximate surface area is 212 Å². The summed E-state index contributed by atoms with van der Waals surface area (Å²) in [5.41, 5.74) is 0.783. The first-order valence-corrected chi connectivity index (χ1v) is 11.6. The number of benzene rings is 2. The van der Waals surface area contributed by atoms with Crippen molar-refractivity contribution in [2.45, 2.75) is 25.8 Å². The molecule has 8 nitrogen and oxygen atoms in total. The minimum Gasteiger partial charge on any atom is -0.490 e. The van der Waals surface area contributed by atoms with Crippen molar-refractivity contribution in [1.82, 2.24) is 9.80 Å². The number of halogens is 3. The fraction of sp³-hybridized carbons (Fsp3) is 0.360. The standard InChI is InChI=1S/C25H26ClF2N3O5/c1-15-22(24(33)34)23(16-5-3-6-17(26)13-16)31(25(35)29-15)11-4-10-30(2)21(32)9-12-36-20-8-7-18(27)14-19(20)28/h3,5-8,13-14,22-23H,4,9-12H2,1-2H3,(H,33,34). The Morgan fingerprint density at radius 2 is 1.97 bits per heavy atom. The van der Waals surface area contributed by atoms with Gasteiger partial charge in [-0.15, -0.1) is 0 Å². The number of aliphatic carboxylic acids is 1. The van der Waals surface area contributed by atoms with Crippen molar-refractivity contribution in [2.24, 2.45) is 10.9 Å². The quantitative estimate of drug-likeness (QED) is 0.493. The largest absolute Gasteiger partial charge is 0.490 e. The minimum atomic E-state index is -1.11. The number of aliphatic imine (C=N–C) groups is 1. The molecule has 2 aromatic carbocycles. The van der Waals surface area contributed by atoms with Crippen LogP contribution in [0.4, 0.5) is 13.6 Å². The van der Waals surface area contributed by atoms with E-state index in [1.54, 1.807) is 31.3 Å². The zero-order chi connectivity index (χ0) is 26.4. The van der Waals surface area contributed by atoms with Crippen LogP contribution in [0.25, 0.3) is 0 Å². The van der Waals surface area contributed by atoms with Crippen molar-refractivity contribution >= 4 is 35.2 Å². The van der Waals surface area contributed by atoms with Crippen LogP contribution in [0.15, 0.2) is 47.5 Å². The number of urea groups is 1. The van der Waals surface area contributed by atoms with E-state index >= 15 is 0 Å². The number of carboxylic acids is 1. The van der Waals surface area contributed by atoms with Gasteiger partial charge < -0.3 is 19.6 Å². The molecule has 0 fully saturated rings. The van der Waals surface area contributed by atoms with Gasteiger partial charge in [0.2, 0.25) is 5.91 Å². The van der Waals surface area contributed by atoms with Crippen LogP contribution in [-0.4, -0.2) is 65.3 Å². The first-order valence-electron chi connectivity index (χ1n) is 11.2. The van der Waals surface area contributed by atoms with E-state index in [4.69, 9.17) is 16.3 Å². The van der Waals surface area contributed by atoms with Crippen LogP contribution < -0.4 is 4.74 Å². The molecule has 1 aliphatic heterocycles. The highest BCUT2D eigenvalue weighted by molar-refractivity contribution is 6.30. The molecule has 2 atom stereocenters. The Morgan fingerprint density at radius 3 is 2.64 bits per heavy atom. The highest BCUT2D eigenvalue weighted by Crippen LogP contribution is 2.35. The topological polar surface area (TPSA) is 99.5 Å². The van der Waals surface area contributed by atoms with Crippen LogP contribution in [0.1, 0.15) is 31.4 Å². The summed E-state index contributed by atoms with van der Waals surface area (Å²) in [4.78, 5) is 43.9. The molecule has 0 saturated carbocycles. The van der Waals surface area contributed by atoms with Gasteiger partial charge in [-0.1, -0.05) is 23.7 Å². The predicted octanol–water partition coefficient (Wildman–Crippen LogP) is 4.57. The van der Waals surface area contributed by atoms with E-state index in [1.807, 2.05) is 0 Å². The lowest BCUT2D eigenvalue weighted by molar-refractivity contribution is -0.141. The number of ether oxygens (including phenoxy) is 1. The molecule has 0 radical (unpaired) electrons. The lowest BCUT2D eigenvalue weighted by atomic mass is 9.87. The molecule has 36 heavy (non-hydrogen) atoms. The van der Waals surface area contributed by atoms with Gasteiger partial charge in [-0.2, -0.15) is 0 Å². The maximum absolute atomic E-state index is 13.6. The molecule has 3 amide bonds. The van der Waals surface area contributed by atoms with E-state index in [2.05, 4.69) is 4.99 Å². The van der Waals surface area contributed by atoms with Gasteiger partial charge in [-0.25, -0.2) is 18.6 Å². The summed E-state index contributed by atoms with van der Waals surface area (Å²) in [5, 5.41) is 10.3. The third kappa shape index (κ3) is 6.57. The smallest absolute Gasteiger partial charge is 0.344 e. The molecule has 11 heteroatoms. The van der Waals surface area contributed by atoms with E-state index < -0.39 is 35.6 Å². The molecular weight excluding hydrogens is 496 g/mol. The molecule has 1 heterocycles. The maximum Gasteiger partial charge on any atom is 0.344 e. The van der Waals surface area contributed by atoms with Gasteiger partial charge in [0, 0.05) is 36.9 Å². The Balaban J connectivity index is 1.60. The van der Waals surface area contributed by atoms with Gasteiger partial charge >= 0.3 is 12.0 Å². The molecule has 0 bridgehead atoms. The molecule has 0 aromatic heterocycles. The van der Waals surface area contributed by atoms with Crippen LogP contribution >= 0.6 is 11.6 Å². The summed E-state index contributed by atoms with van der Waals surface area (Å²) >= 11 is 6.12. The fourth-order valence-corrected chi connectivity index (χ4v) is 4.26. The summed E-state index contributed by atoms with van der Waals surface area (Å²) in [6, 6.07) is 8.24. The van der Waals surface area contributed by atoms with Crippen molar-refractivity contribution < 1.29 is 33.0 Å². The van der Waals surface area contributed by atoms with Gasteiger partial charge in [-0.05, 0) is 43.2 Å². The van der Waals surface area contributed by atoms with E-state index in [0.29, 0.717) is 23.1 Å².